The number of benzene rings is 2. The van der Waals surface area contributed by atoms with Crippen molar-refractivity contribution in [1.29, 1.82) is 0 Å². The zero-order chi connectivity index (χ0) is 16.3. The van der Waals surface area contributed by atoms with Crippen molar-refractivity contribution < 1.29 is 9.53 Å². The van der Waals surface area contributed by atoms with Gasteiger partial charge in [0.05, 0.1) is 5.56 Å². The van der Waals surface area contributed by atoms with Crippen molar-refractivity contribution in [2.75, 3.05) is 13.1 Å². The molecule has 0 amide bonds. The molecule has 3 heteroatoms. The van der Waals surface area contributed by atoms with Crippen LogP contribution in [0, 0.1) is 0 Å². The van der Waals surface area contributed by atoms with E-state index in [0.29, 0.717) is 5.56 Å². The molecular weight excluding hydrogens is 286 g/mol. The van der Waals surface area contributed by atoms with E-state index in [2.05, 4.69) is 43.0 Å². The summed E-state index contributed by atoms with van der Waals surface area (Å²) >= 11 is 0. The van der Waals surface area contributed by atoms with E-state index >= 15 is 0 Å². The minimum absolute atomic E-state index is 0.0364. The second-order valence-corrected chi connectivity index (χ2v) is 6.55. The molecule has 2 aromatic carbocycles. The topological polar surface area (TPSA) is 29.5 Å². The van der Waals surface area contributed by atoms with Gasteiger partial charge in [-0.1, -0.05) is 48.5 Å². The molecule has 1 heterocycles. The van der Waals surface area contributed by atoms with Crippen LogP contribution in [0.15, 0.2) is 60.7 Å². The Hall–Kier alpha value is -2.13. The largest absolute Gasteiger partial charge is 0.457 e. The molecule has 1 unspecified atom stereocenters. The molecule has 0 spiro atoms. The highest BCUT2D eigenvalue weighted by Gasteiger charge is 2.36. The molecule has 1 saturated heterocycles. The predicted octanol–water partition coefficient (Wildman–Crippen LogP) is 3.85. The van der Waals surface area contributed by atoms with Crippen LogP contribution in [0.5, 0.6) is 0 Å². The fourth-order valence-corrected chi connectivity index (χ4v) is 3.15. The summed E-state index contributed by atoms with van der Waals surface area (Å²) in [5.74, 6) is -0.227. The van der Waals surface area contributed by atoms with Crippen LogP contribution in [0.2, 0.25) is 0 Å². The molecule has 1 aliphatic heterocycles. The zero-order valence-electron chi connectivity index (χ0n) is 13.7. The first kappa shape index (κ1) is 15.8. The van der Waals surface area contributed by atoms with Gasteiger partial charge < -0.3 is 4.74 Å². The number of carbonyl (C=O) groups excluding carboxylic acids is 1. The van der Waals surface area contributed by atoms with Gasteiger partial charge in [0.1, 0.15) is 6.10 Å². The van der Waals surface area contributed by atoms with Crippen LogP contribution in [0.4, 0.5) is 0 Å². The molecule has 1 aliphatic rings. The molecule has 3 rings (SSSR count). The van der Waals surface area contributed by atoms with Gasteiger partial charge in [0.2, 0.25) is 0 Å². The molecule has 2 aromatic rings. The molecule has 0 N–H and O–H groups in total. The molecular formula is C20H23NO2. The van der Waals surface area contributed by atoms with Gasteiger partial charge in [-0.25, -0.2) is 4.79 Å². The van der Waals surface area contributed by atoms with E-state index in [1.807, 2.05) is 24.3 Å². The van der Waals surface area contributed by atoms with E-state index < -0.39 is 0 Å². The van der Waals surface area contributed by atoms with E-state index in [9.17, 15) is 4.79 Å². The number of rotatable bonds is 4. The van der Waals surface area contributed by atoms with Crippen LogP contribution in [0.1, 0.15) is 36.2 Å². The first-order valence-electron chi connectivity index (χ1n) is 8.14. The predicted molar refractivity (Wildman–Crippen MR) is 91.3 cm³/mol. The lowest BCUT2D eigenvalue weighted by Crippen LogP contribution is -2.40. The first-order chi connectivity index (χ1) is 11.1. The van der Waals surface area contributed by atoms with Crippen molar-refractivity contribution >= 4 is 5.97 Å². The number of ether oxygens (including phenoxy) is 1. The van der Waals surface area contributed by atoms with E-state index in [4.69, 9.17) is 4.74 Å². The molecule has 0 radical (unpaired) electrons. The van der Waals surface area contributed by atoms with E-state index in [-0.39, 0.29) is 17.6 Å². The number of carbonyl (C=O) groups is 1. The van der Waals surface area contributed by atoms with E-state index in [0.717, 1.165) is 19.5 Å². The highest BCUT2D eigenvalue weighted by atomic mass is 16.5. The SMILES string of the molecule is CC(C)(c1ccccc1)N1CCC(OC(=O)c2ccccc2)C1. The van der Waals surface area contributed by atoms with Crippen LogP contribution in [0.25, 0.3) is 0 Å². The summed E-state index contributed by atoms with van der Waals surface area (Å²) < 4.78 is 5.68. The number of esters is 1. The molecule has 0 aromatic heterocycles. The summed E-state index contributed by atoms with van der Waals surface area (Å²) in [6, 6.07) is 19.7. The van der Waals surface area contributed by atoms with Crippen molar-refractivity contribution in [3.05, 3.63) is 71.8 Å². The third-order valence-electron chi connectivity index (χ3n) is 4.70. The Bertz CT molecular complexity index is 652. The summed E-state index contributed by atoms with van der Waals surface area (Å²) in [6.07, 6.45) is 0.847. The zero-order valence-corrected chi connectivity index (χ0v) is 13.7. The van der Waals surface area contributed by atoms with Crippen molar-refractivity contribution in [3.8, 4) is 0 Å². The van der Waals surface area contributed by atoms with Crippen LogP contribution < -0.4 is 0 Å². The molecule has 1 fully saturated rings. The normalized spacial score (nSPS) is 18.8. The first-order valence-corrected chi connectivity index (χ1v) is 8.14. The van der Waals surface area contributed by atoms with Gasteiger partial charge in [-0.05, 0) is 38.0 Å². The Morgan fingerprint density at radius 1 is 1.04 bits per heavy atom. The average molecular weight is 309 g/mol. The van der Waals surface area contributed by atoms with Crippen molar-refractivity contribution in [2.24, 2.45) is 0 Å². The number of hydrogen-bond donors (Lipinski definition) is 0. The summed E-state index contributed by atoms with van der Waals surface area (Å²) in [5, 5.41) is 0. The Kier molecular flexibility index (Phi) is 4.49. The van der Waals surface area contributed by atoms with Gasteiger partial charge in [-0.15, -0.1) is 0 Å². The summed E-state index contributed by atoms with van der Waals surface area (Å²) in [5.41, 5.74) is 1.85. The maximum absolute atomic E-state index is 12.2. The minimum atomic E-state index is -0.227. The maximum Gasteiger partial charge on any atom is 0.338 e. The summed E-state index contributed by atoms with van der Waals surface area (Å²) in [7, 11) is 0. The van der Waals surface area contributed by atoms with E-state index in [1.165, 1.54) is 5.56 Å². The molecule has 23 heavy (non-hydrogen) atoms. The smallest absolute Gasteiger partial charge is 0.338 e. The Morgan fingerprint density at radius 2 is 1.65 bits per heavy atom. The third kappa shape index (κ3) is 3.45. The second kappa shape index (κ2) is 6.55. The van der Waals surface area contributed by atoms with Gasteiger partial charge in [0.25, 0.3) is 0 Å². The molecule has 120 valence electrons. The van der Waals surface area contributed by atoms with Crippen LogP contribution in [-0.2, 0) is 10.3 Å². The Labute approximate surface area is 137 Å². The monoisotopic (exact) mass is 309 g/mol. The Morgan fingerprint density at radius 3 is 2.30 bits per heavy atom. The highest BCUT2D eigenvalue weighted by Crippen LogP contribution is 2.31. The second-order valence-electron chi connectivity index (χ2n) is 6.55. The standard InChI is InChI=1S/C20H23NO2/c1-20(2,17-11-7-4-8-12-17)21-14-13-18(15-21)23-19(22)16-9-5-3-6-10-16/h3-12,18H,13-15H2,1-2H3. The van der Waals surface area contributed by atoms with Crippen molar-refractivity contribution in [3.63, 3.8) is 0 Å². The summed E-state index contributed by atoms with van der Waals surface area (Å²) in [4.78, 5) is 14.6. The minimum Gasteiger partial charge on any atom is -0.457 e. The number of likely N-dealkylation sites (tertiary alicyclic amines) is 1. The molecule has 1 atom stereocenters. The van der Waals surface area contributed by atoms with E-state index in [1.54, 1.807) is 12.1 Å². The van der Waals surface area contributed by atoms with Gasteiger partial charge in [-0.2, -0.15) is 0 Å². The molecule has 0 aliphatic carbocycles. The van der Waals surface area contributed by atoms with Gasteiger partial charge >= 0.3 is 5.97 Å². The van der Waals surface area contributed by atoms with Gasteiger partial charge in [0.15, 0.2) is 0 Å². The van der Waals surface area contributed by atoms with Crippen molar-refractivity contribution in [1.82, 2.24) is 4.90 Å². The molecule has 0 saturated carbocycles. The van der Waals surface area contributed by atoms with Crippen LogP contribution in [0.3, 0.4) is 0 Å². The van der Waals surface area contributed by atoms with Crippen molar-refractivity contribution in [2.45, 2.75) is 31.9 Å². The lowest BCUT2D eigenvalue weighted by molar-refractivity contribution is 0.0285. The lowest BCUT2D eigenvalue weighted by Gasteiger charge is -2.36. The highest BCUT2D eigenvalue weighted by molar-refractivity contribution is 5.89. The van der Waals surface area contributed by atoms with Gasteiger partial charge in [-0.3, -0.25) is 4.90 Å². The number of nitrogens with zero attached hydrogens (tertiary/aromatic N) is 1. The molecule has 0 bridgehead atoms. The maximum atomic E-state index is 12.2. The average Bonchev–Trinajstić information content (AvgIpc) is 3.06. The fourth-order valence-electron chi connectivity index (χ4n) is 3.15. The van der Waals surface area contributed by atoms with Crippen LogP contribution >= 0.6 is 0 Å². The summed E-state index contributed by atoms with van der Waals surface area (Å²) in [6.45, 7) is 6.17. The third-order valence-corrected chi connectivity index (χ3v) is 4.70. The molecule has 3 nitrogen and oxygen atoms in total. The number of hydrogen-bond acceptors (Lipinski definition) is 3. The lowest BCUT2D eigenvalue weighted by atomic mass is 9.93. The van der Waals surface area contributed by atoms with Crippen LogP contribution in [-0.4, -0.2) is 30.1 Å². The quantitative estimate of drug-likeness (QED) is 0.803. The fraction of sp³-hybridized carbons (Fsp3) is 0.350. The Balaban J connectivity index is 1.63. The van der Waals surface area contributed by atoms with Gasteiger partial charge in [0, 0.05) is 18.6 Å².